The van der Waals surface area contributed by atoms with Crippen LogP contribution >= 0.6 is 11.6 Å². The second kappa shape index (κ2) is 5.39. The molecule has 22 heavy (non-hydrogen) atoms. The molecule has 1 unspecified atom stereocenters. The van der Waals surface area contributed by atoms with Crippen LogP contribution in [0.4, 0.5) is 4.79 Å². The number of Topliss-reactive ketones (excluding diaryl/α,β-unsaturated/α-hetero) is 1. The van der Waals surface area contributed by atoms with E-state index < -0.39 is 11.6 Å². The summed E-state index contributed by atoms with van der Waals surface area (Å²) in [6.45, 7) is 1.67. The topological polar surface area (TPSA) is 58.5 Å². The highest BCUT2D eigenvalue weighted by atomic mass is 35.5. The van der Waals surface area contributed by atoms with Gasteiger partial charge in [-0.15, -0.1) is 0 Å². The first-order chi connectivity index (χ1) is 10.5. The summed E-state index contributed by atoms with van der Waals surface area (Å²) in [5.74, 6) is -0.249. The Morgan fingerprint density at radius 3 is 2.27 bits per heavy atom. The monoisotopic (exact) mass is 312 g/mol. The standard InChI is InChI=1S/C17H13ClN2O2/c1-17(12-7-9-13(18)10-8-12)15(21)14(19-16(22)20-17)11-5-3-2-4-6-11/h2-10H,1H3,(H,20,22). The molecule has 1 aliphatic heterocycles. The average Bonchev–Trinajstić information content (AvgIpc) is 2.52. The molecule has 110 valence electrons. The van der Waals surface area contributed by atoms with E-state index in [4.69, 9.17) is 11.6 Å². The number of nitrogens with zero attached hydrogens (tertiary/aromatic N) is 1. The molecule has 0 radical (unpaired) electrons. The molecule has 0 bridgehead atoms. The van der Waals surface area contributed by atoms with E-state index in [1.807, 2.05) is 6.07 Å². The van der Waals surface area contributed by atoms with Gasteiger partial charge in [0, 0.05) is 10.6 Å². The molecule has 2 amide bonds. The van der Waals surface area contributed by atoms with Crippen molar-refractivity contribution in [3.8, 4) is 0 Å². The molecule has 0 saturated carbocycles. The van der Waals surface area contributed by atoms with E-state index in [1.165, 1.54) is 0 Å². The molecule has 1 heterocycles. The molecule has 2 aromatic rings. The maximum Gasteiger partial charge on any atom is 0.342 e. The molecule has 0 spiro atoms. The van der Waals surface area contributed by atoms with Crippen LogP contribution in [-0.2, 0) is 10.3 Å². The van der Waals surface area contributed by atoms with Gasteiger partial charge in [-0.2, -0.15) is 4.99 Å². The molecule has 0 saturated heterocycles. The number of carbonyl (C=O) groups is 2. The number of amides is 2. The largest absolute Gasteiger partial charge is 0.342 e. The molecule has 1 atom stereocenters. The smallest absolute Gasteiger partial charge is 0.319 e. The fourth-order valence-corrected chi connectivity index (χ4v) is 2.59. The summed E-state index contributed by atoms with van der Waals surface area (Å²) >= 11 is 5.89. The summed E-state index contributed by atoms with van der Waals surface area (Å²) in [4.78, 5) is 28.7. The highest BCUT2D eigenvalue weighted by molar-refractivity contribution is 6.51. The summed E-state index contributed by atoms with van der Waals surface area (Å²) in [5, 5.41) is 3.23. The van der Waals surface area contributed by atoms with E-state index in [1.54, 1.807) is 55.5 Å². The number of rotatable bonds is 2. The number of hydrogen-bond acceptors (Lipinski definition) is 2. The zero-order valence-corrected chi connectivity index (χ0v) is 12.6. The van der Waals surface area contributed by atoms with E-state index in [0.29, 0.717) is 16.1 Å². The van der Waals surface area contributed by atoms with E-state index in [-0.39, 0.29) is 11.5 Å². The zero-order chi connectivity index (χ0) is 15.7. The molecule has 1 N–H and O–H groups in total. The van der Waals surface area contributed by atoms with Gasteiger partial charge in [0.1, 0.15) is 11.3 Å². The predicted molar refractivity (Wildman–Crippen MR) is 85.3 cm³/mol. The number of hydrogen-bond donors (Lipinski definition) is 1. The van der Waals surface area contributed by atoms with Gasteiger partial charge in [0.25, 0.3) is 0 Å². The Kier molecular flexibility index (Phi) is 3.54. The lowest BCUT2D eigenvalue weighted by molar-refractivity contribution is -0.118. The Morgan fingerprint density at radius 1 is 1.00 bits per heavy atom. The second-order valence-electron chi connectivity index (χ2n) is 5.22. The van der Waals surface area contributed by atoms with Crippen molar-refractivity contribution >= 4 is 29.1 Å². The lowest BCUT2D eigenvalue weighted by Crippen LogP contribution is -2.55. The van der Waals surface area contributed by atoms with Crippen molar-refractivity contribution in [1.29, 1.82) is 0 Å². The van der Waals surface area contributed by atoms with Gasteiger partial charge in [0.05, 0.1) is 0 Å². The van der Waals surface area contributed by atoms with Crippen LogP contribution in [-0.4, -0.2) is 17.5 Å². The molecule has 1 aliphatic rings. The minimum atomic E-state index is -1.16. The summed E-state index contributed by atoms with van der Waals surface area (Å²) in [6.07, 6.45) is 0. The summed E-state index contributed by atoms with van der Waals surface area (Å²) in [6, 6.07) is 15.3. The first-order valence-corrected chi connectivity index (χ1v) is 7.15. The number of aliphatic imine (C=N–C) groups is 1. The number of benzene rings is 2. The van der Waals surface area contributed by atoms with Gasteiger partial charge < -0.3 is 5.32 Å². The van der Waals surface area contributed by atoms with Crippen molar-refractivity contribution in [2.45, 2.75) is 12.5 Å². The number of halogens is 1. The highest BCUT2D eigenvalue weighted by Gasteiger charge is 2.43. The average molecular weight is 313 g/mol. The van der Waals surface area contributed by atoms with Gasteiger partial charge >= 0.3 is 6.03 Å². The van der Waals surface area contributed by atoms with Crippen molar-refractivity contribution in [1.82, 2.24) is 5.32 Å². The Hall–Kier alpha value is -2.46. The van der Waals surface area contributed by atoms with Crippen LogP contribution < -0.4 is 5.32 Å². The Morgan fingerprint density at radius 2 is 1.64 bits per heavy atom. The van der Waals surface area contributed by atoms with Crippen LogP contribution in [0.5, 0.6) is 0 Å². The summed E-state index contributed by atoms with van der Waals surface area (Å²) < 4.78 is 0. The molecular formula is C17H13ClN2O2. The Balaban J connectivity index is 2.08. The number of nitrogens with one attached hydrogen (secondary N) is 1. The maximum absolute atomic E-state index is 12.9. The highest BCUT2D eigenvalue weighted by Crippen LogP contribution is 2.28. The minimum absolute atomic E-state index is 0.168. The van der Waals surface area contributed by atoms with Crippen molar-refractivity contribution in [2.24, 2.45) is 4.99 Å². The normalized spacial score (nSPS) is 21.3. The van der Waals surface area contributed by atoms with E-state index in [9.17, 15) is 9.59 Å². The molecular weight excluding hydrogens is 300 g/mol. The van der Waals surface area contributed by atoms with Crippen LogP contribution in [0.3, 0.4) is 0 Å². The number of urea groups is 1. The molecule has 4 nitrogen and oxygen atoms in total. The first kappa shape index (κ1) is 14.5. The van der Waals surface area contributed by atoms with Crippen molar-refractivity contribution in [3.05, 3.63) is 70.7 Å². The summed E-state index contributed by atoms with van der Waals surface area (Å²) in [7, 11) is 0. The second-order valence-corrected chi connectivity index (χ2v) is 5.65. The molecule has 0 aliphatic carbocycles. The fraction of sp³-hybridized carbons (Fsp3) is 0.118. The van der Waals surface area contributed by atoms with Gasteiger partial charge in [0.2, 0.25) is 5.78 Å². The van der Waals surface area contributed by atoms with Gasteiger partial charge in [-0.05, 0) is 24.6 Å². The predicted octanol–water partition coefficient (Wildman–Crippen LogP) is 3.34. The zero-order valence-electron chi connectivity index (χ0n) is 11.8. The third kappa shape index (κ3) is 2.42. The third-order valence-electron chi connectivity index (χ3n) is 3.71. The van der Waals surface area contributed by atoms with Crippen molar-refractivity contribution in [3.63, 3.8) is 0 Å². The van der Waals surface area contributed by atoms with Crippen molar-refractivity contribution < 1.29 is 9.59 Å². The van der Waals surface area contributed by atoms with Crippen LogP contribution in [0.2, 0.25) is 5.02 Å². The van der Waals surface area contributed by atoms with E-state index in [0.717, 1.165) is 0 Å². The number of carbonyl (C=O) groups excluding carboxylic acids is 2. The van der Waals surface area contributed by atoms with Gasteiger partial charge in [-0.3, -0.25) is 4.79 Å². The van der Waals surface area contributed by atoms with Crippen LogP contribution in [0, 0.1) is 0 Å². The molecule has 2 aromatic carbocycles. The lowest BCUT2D eigenvalue weighted by atomic mass is 9.82. The quantitative estimate of drug-likeness (QED) is 0.924. The molecule has 0 fully saturated rings. The van der Waals surface area contributed by atoms with Gasteiger partial charge in [0.15, 0.2) is 0 Å². The van der Waals surface area contributed by atoms with Crippen LogP contribution in [0.15, 0.2) is 59.6 Å². The Labute approximate surface area is 132 Å². The third-order valence-corrected chi connectivity index (χ3v) is 3.96. The maximum atomic E-state index is 12.9. The van der Waals surface area contributed by atoms with E-state index >= 15 is 0 Å². The molecule has 0 aromatic heterocycles. The Bertz CT molecular complexity index is 769. The summed E-state index contributed by atoms with van der Waals surface area (Å²) in [5.41, 5.74) is 0.303. The van der Waals surface area contributed by atoms with Crippen LogP contribution in [0.25, 0.3) is 0 Å². The SMILES string of the molecule is CC1(c2ccc(Cl)cc2)NC(=O)N=C(c2ccccc2)C1=O. The van der Waals surface area contributed by atoms with Gasteiger partial charge in [-0.25, -0.2) is 4.79 Å². The van der Waals surface area contributed by atoms with Gasteiger partial charge in [-0.1, -0.05) is 54.1 Å². The lowest BCUT2D eigenvalue weighted by Gasteiger charge is -2.32. The molecule has 3 rings (SSSR count). The van der Waals surface area contributed by atoms with Crippen molar-refractivity contribution in [2.75, 3.05) is 0 Å². The fourth-order valence-electron chi connectivity index (χ4n) is 2.47. The molecule has 5 heteroatoms. The number of ketones is 1. The van der Waals surface area contributed by atoms with Crippen LogP contribution in [0.1, 0.15) is 18.1 Å². The minimum Gasteiger partial charge on any atom is -0.319 e. The van der Waals surface area contributed by atoms with E-state index in [2.05, 4.69) is 10.3 Å². The first-order valence-electron chi connectivity index (χ1n) is 6.78.